The number of nitrogens with zero attached hydrogens (tertiary/aromatic N) is 6. The summed E-state index contributed by atoms with van der Waals surface area (Å²) in [5, 5.41) is 21.0. The number of fused-ring (bicyclic) bond motifs is 3. The number of aromatic nitrogens is 4. The lowest BCUT2D eigenvalue weighted by atomic mass is 10.0. The number of rotatable bonds is 5. The van der Waals surface area contributed by atoms with Crippen LogP contribution in [0.4, 0.5) is 0 Å². The van der Waals surface area contributed by atoms with Crippen molar-refractivity contribution in [2.45, 2.75) is 0 Å². The summed E-state index contributed by atoms with van der Waals surface area (Å²) in [7, 11) is 0. The van der Waals surface area contributed by atoms with E-state index in [0.29, 0.717) is 17.0 Å². The van der Waals surface area contributed by atoms with Crippen LogP contribution >= 0.6 is 0 Å². The van der Waals surface area contributed by atoms with Crippen molar-refractivity contribution in [3.05, 3.63) is 157 Å². The van der Waals surface area contributed by atoms with Gasteiger partial charge in [0.25, 0.3) is 0 Å². The third kappa shape index (κ3) is 5.07. The fraction of sp³-hybridized carbons (Fsp3) is 0. The molecular weight excluding hydrogens is 576 g/mol. The van der Waals surface area contributed by atoms with Crippen LogP contribution in [-0.4, -0.2) is 19.5 Å². The standard InChI is InChI=1S/C41H24N6/c42-24-27-8-18-39-35(21-27)36-22-28(25-43)9-19-40(36)47(39)34-16-14-31(15-17-34)38-23-37(45-41(46-38)32-5-2-1-3-6-32)30-12-10-29(11-13-30)33-7-4-20-44-26-33/h1-23,26H. The minimum absolute atomic E-state index is 0.578. The average Bonchev–Trinajstić information content (AvgIpc) is 3.48. The van der Waals surface area contributed by atoms with Crippen LogP contribution < -0.4 is 0 Å². The Morgan fingerprint density at radius 3 is 1.60 bits per heavy atom. The molecule has 5 aromatic carbocycles. The van der Waals surface area contributed by atoms with E-state index >= 15 is 0 Å². The summed E-state index contributed by atoms with van der Waals surface area (Å²) >= 11 is 0. The monoisotopic (exact) mass is 600 g/mol. The molecule has 3 heterocycles. The first kappa shape index (κ1) is 27.6. The quantitative estimate of drug-likeness (QED) is 0.196. The lowest BCUT2D eigenvalue weighted by Gasteiger charge is -2.12. The van der Waals surface area contributed by atoms with Gasteiger partial charge in [-0.2, -0.15) is 10.5 Å². The van der Waals surface area contributed by atoms with E-state index in [9.17, 15) is 10.5 Å². The van der Waals surface area contributed by atoms with Crippen molar-refractivity contribution < 1.29 is 0 Å². The minimum atomic E-state index is 0.578. The van der Waals surface area contributed by atoms with E-state index in [1.807, 2.05) is 85.1 Å². The molecule has 0 saturated carbocycles. The third-order valence-electron chi connectivity index (χ3n) is 8.38. The zero-order chi connectivity index (χ0) is 31.7. The second-order valence-electron chi connectivity index (χ2n) is 11.2. The molecule has 6 nitrogen and oxygen atoms in total. The summed E-state index contributed by atoms with van der Waals surface area (Å²) < 4.78 is 2.17. The Bertz CT molecular complexity index is 2430. The molecule has 0 atom stereocenters. The number of pyridine rings is 1. The van der Waals surface area contributed by atoms with Crippen LogP contribution in [0.1, 0.15) is 11.1 Å². The maximum Gasteiger partial charge on any atom is 0.160 e. The first-order valence-corrected chi connectivity index (χ1v) is 15.1. The van der Waals surface area contributed by atoms with E-state index in [4.69, 9.17) is 9.97 Å². The van der Waals surface area contributed by atoms with Gasteiger partial charge >= 0.3 is 0 Å². The lowest BCUT2D eigenvalue weighted by Crippen LogP contribution is -1.97. The van der Waals surface area contributed by atoms with Gasteiger partial charge in [0.2, 0.25) is 0 Å². The topological polar surface area (TPSA) is 91.2 Å². The summed E-state index contributed by atoms with van der Waals surface area (Å²) in [6, 6.07) is 48.6. The van der Waals surface area contributed by atoms with Crippen molar-refractivity contribution >= 4 is 21.8 Å². The maximum atomic E-state index is 9.55. The minimum Gasteiger partial charge on any atom is -0.309 e. The van der Waals surface area contributed by atoms with Gasteiger partial charge in [-0.15, -0.1) is 0 Å². The number of nitriles is 2. The summed E-state index contributed by atoms with van der Waals surface area (Å²) in [4.78, 5) is 14.2. The highest BCUT2D eigenvalue weighted by atomic mass is 15.0. The van der Waals surface area contributed by atoms with Gasteiger partial charge in [0.05, 0.1) is 45.7 Å². The fourth-order valence-electron chi connectivity index (χ4n) is 6.05. The highest BCUT2D eigenvalue weighted by molar-refractivity contribution is 6.10. The van der Waals surface area contributed by atoms with E-state index in [1.54, 1.807) is 6.20 Å². The van der Waals surface area contributed by atoms with Crippen LogP contribution in [0.15, 0.2) is 146 Å². The van der Waals surface area contributed by atoms with Crippen molar-refractivity contribution in [1.29, 1.82) is 10.5 Å². The fourth-order valence-corrected chi connectivity index (χ4v) is 6.05. The zero-order valence-corrected chi connectivity index (χ0v) is 25.0. The molecule has 0 amide bonds. The molecule has 0 unspecified atom stereocenters. The van der Waals surface area contributed by atoms with Gasteiger partial charge in [-0.05, 0) is 71.8 Å². The SMILES string of the molecule is N#Cc1ccc2c(c1)c1cc(C#N)ccc1n2-c1ccc(-c2cc(-c3ccc(-c4cccnc4)cc3)nc(-c3ccccc3)n2)cc1. The number of hydrogen-bond acceptors (Lipinski definition) is 5. The molecule has 218 valence electrons. The van der Waals surface area contributed by atoms with Crippen LogP contribution in [0.2, 0.25) is 0 Å². The van der Waals surface area contributed by atoms with Gasteiger partial charge in [-0.25, -0.2) is 9.97 Å². The normalized spacial score (nSPS) is 10.9. The molecule has 0 N–H and O–H groups in total. The molecule has 6 heteroatoms. The summed E-state index contributed by atoms with van der Waals surface area (Å²) in [6.45, 7) is 0. The lowest BCUT2D eigenvalue weighted by molar-refractivity contribution is 1.17. The molecule has 0 saturated heterocycles. The molecule has 0 radical (unpaired) electrons. The molecule has 0 spiro atoms. The Hall–Kier alpha value is -6.89. The molecule has 0 aliphatic rings. The van der Waals surface area contributed by atoms with Gasteiger partial charge in [0.1, 0.15) is 0 Å². The van der Waals surface area contributed by atoms with E-state index in [-0.39, 0.29) is 0 Å². The highest BCUT2D eigenvalue weighted by Crippen LogP contribution is 2.35. The molecule has 3 aromatic heterocycles. The highest BCUT2D eigenvalue weighted by Gasteiger charge is 2.15. The van der Waals surface area contributed by atoms with Gasteiger partial charge < -0.3 is 4.57 Å². The molecule has 0 aliphatic heterocycles. The molecular formula is C41H24N6. The summed E-state index contributed by atoms with van der Waals surface area (Å²) in [5.41, 5.74) is 10.7. The van der Waals surface area contributed by atoms with Crippen LogP contribution in [0.3, 0.4) is 0 Å². The predicted molar refractivity (Wildman–Crippen MR) is 185 cm³/mol. The summed E-state index contributed by atoms with van der Waals surface area (Å²) in [6.07, 6.45) is 3.64. The third-order valence-corrected chi connectivity index (χ3v) is 8.38. The molecule has 0 bridgehead atoms. The Labute approximate surface area is 271 Å². The van der Waals surface area contributed by atoms with Crippen LogP contribution in [0.5, 0.6) is 0 Å². The Morgan fingerprint density at radius 2 is 1.04 bits per heavy atom. The van der Waals surface area contributed by atoms with Crippen molar-refractivity contribution in [2.24, 2.45) is 0 Å². The smallest absolute Gasteiger partial charge is 0.160 e. The van der Waals surface area contributed by atoms with Crippen molar-refractivity contribution in [3.63, 3.8) is 0 Å². The molecule has 0 fully saturated rings. The second-order valence-corrected chi connectivity index (χ2v) is 11.2. The van der Waals surface area contributed by atoms with Crippen LogP contribution in [0.25, 0.3) is 72.5 Å². The van der Waals surface area contributed by atoms with Crippen molar-refractivity contribution in [2.75, 3.05) is 0 Å². The zero-order valence-electron chi connectivity index (χ0n) is 25.0. The van der Waals surface area contributed by atoms with Gasteiger partial charge in [0.15, 0.2) is 5.82 Å². The Kier molecular flexibility index (Phi) is 6.80. The van der Waals surface area contributed by atoms with Crippen LogP contribution in [-0.2, 0) is 0 Å². The van der Waals surface area contributed by atoms with E-state index in [1.165, 1.54) is 0 Å². The first-order chi connectivity index (χ1) is 23.2. The van der Waals surface area contributed by atoms with E-state index in [2.05, 4.69) is 76.3 Å². The van der Waals surface area contributed by atoms with Crippen LogP contribution in [0, 0.1) is 22.7 Å². The van der Waals surface area contributed by atoms with Crippen molar-refractivity contribution in [3.8, 4) is 62.9 Å². The largest absolute Gasteiger partial charge is 0.309 e. The Morgan fingerprint density at radius 1 is 0.489 bits per heavy atom. The van der Waals surface area contributed by atoms with Crippen molar-refractivity contribution in [1.82, 2.24) is 19.5 Å². The predicted octanol–water partition coefficient (Wildman–Crippen LogP) is 9.38. The number of hydrogen-bond donors (Lipinski definition) is 0. The number of benzene rings is 5. The average molecular weight is 601 g/mol. The molecule has 8 aromatic rings. The molecule has 0 aliphatic carbocycles. The summed E-state index contributed by atoms with van der Waals surface area (Å²) in [5.74, 6) is 0.655. The van der Waals surface area contributed by atoms with E-state index in [0.717, 1.165) is 66.7 Å². The van der Waals surface area contributed by atoms with Gasteiger partial charge in [-0.1, -0.05) is 72.8 Å². The van der Waals surface area contributed by atoms with E-state index < -0.39 is 0 Å². The van der Waals surface area contributed by atoms with Gasteiger partial charge in [0, 0.05) is 45.5 Å². The van der Waals surface area contributed by atoms with Gasteiger partial charge in [-0.3, -0.25) is 4.98 Å². The first-order valence-electron chi connectivity index (χ1n) is 15.1. The maximum absolute atomic E-state index is 9.55. The molecule has 8 rings (SSSR count). The molecule has 47 heavy (non-hydrogen) atoms. The Balaban J connectivity index is 1.23. The second kappa shape index (κ2) is 11.6.